The van der Waals surface area contributed by atoms with Gasteiger partial charge in [0.15, 0.2) is 0 Å². The number of carbonyl (C=O) groups excluding carboxylic acids is 2. The average Bonchev–Trinajstić information content (AvgIpc) is 2.98. The van der Waals surface area contributed by atoms with Gasteiger partial charge in [0.25, 0.3) is 0 Å². The number of rotatable bonds is 1. The molecule has 3 heterocycles. The molecular weight excluding hydrogens is 367 g/mol. The minimum Gasteiger partial charge on any atom is -0.508 e. The summed E-state index contributed by atoms with van der Waals surface area (Å²) in [6.07, 6.45) is 0.634. The number of aliphatic hydroxyl groups excluding tert-OH is 1. The first kappa shape index (κ1) is 16.9. The number of hydrogen-bond donors (Lipinski definition) is 2. The maximum Gasteiger partial charge on any atom is 0.246 e. The number of amides is 2. The fourth-order valence-electron chi connectivity index (χ4n) is 4.34. The van der Waals surface area contributed by atoms with Crippen molar-refractivity contribution in [2.24, 2.45) is 0 Å². The van der Waals surface area contributed by atoms with Crippen molar-refractivity contribution < 1.29 is 19.8 Å². The second-order valence-electron chi connectivity index (χ2n) is 6.96. The number of phenols is 1. The van der Waals surface area contributed by atoms with Gasteiger partial charge in [-0.2, -0.15) is 0 Å². The molecule has 25 heavy (non-hydrogen) atoms. The second-order valence-corrected chi connectivity index (χ2v) is 7.74. The van der Waals surface area contributed by atoms with Crippen LogP contribution in [0, 0.1) is 0 Å². The number of benzene rings is 1. The summed E-state index contributed by atoms with van der Waals surface area (Å²) < 4.78 is 0. The number of piperidine rings is 1. The summed E-state index contributed by atoms with van der Waals surface area (Å²) in [6.45, 7) is 0.621. The van der Waals surface area contributed by atoms with E-state index in [9.17, 15) is 19.8 Å². The summed E-state index contributed by atoms with van der Waals surface area (Å²) in [5.41, 5.74) is 0.539. The van der Waals surface area contributed by atoms with Crippen molar-refractivity contribution in [2.75, 3.05) is 13.1 Å². The summed E-state index contributed by atoms with van der Waals surface area (Å²) >= 11 is 12.4. The van der Waals surface area contributed by atoms with E-state index in [0.717, 1.165) is 0 Å². The zero-order chi connectivity index (χ0) is 17.9. The quantitative estimate of drug-likeness (QED) is 0.772. The molecule has 4 rings (SSSR count). The highest BCUT2D eigenvalue weighted by Crippen LogP contribution is 2.44. The number of aromatic hydroxyl groups is 1. The van der Waals surface area contributed by atoms with Crippen LogP contribution in [0.2, 0.25) is 10.0 Å². The molecule has 0 bridgehead atoms. The van der Waals surface area contributed by atoms with Crippen molar-refractivity contribution in [1.29, 1.82) is 0 Å². The van der Waals surface area contributed by atoms with Gasteiger partial charge in [0.05, 0.1) is 16.1 Å². The van der Waals surface area contributed by atoms with Gasteiger partial charge in [0.1, 0.15) is 17.8 Å². The number of piperazine rings is 1. The van der Waals surface area contributed by atoms with Gasteiger partial charge in [0, 0.05) is 25.1 Å². The van der Waals surface area contributed by atoms with E-state index in [1.54, 1.807) is 4.90 Å². The zero-order valence-electron chi connectivity index (χ0n) is 13.4. The van der Waals surface area contributed by atoms with Crippen LogP contribution in [0.5, 0.6) is 5.75 Å². The average molecular weight is 385 g/mol. The lowest BCUT2D eigenvalue weighted by molar-refractivity contribution is -0.161. The fraction of sp³-hybridized carbons (Fsp3) is 0.529. The fourth-order valence-corrected chi connectivity index (χ4v) is 4.82. The normalized spacial score (nSPS) is 32.0. The van der Waals surface area contributed by atoms with Crippen molar-refractivity contribution in [1.82, 2.24) is 9.80 Å². The number of halogens is 2. The molecule has 2 amide bonds. The summed E-state index contributed by atoms with van der Waals surface area (Å²) in [6, 6.07) is 1.90. The van der Waals surface area contributed by atoms with Crippen LogP contribution in [0.15, 0.2) is 12.1 Å². The molecule has 0 radical (unpaired) electrons. The van der Waals surface area contributed by atoms with E-state index >= 15 is 0 Å². The molecule has 8 heteroatoms. The summed E-state index contributed by atoms with van der Waals surface area (Å²) in [5.74, 6) is -0.338. The molecule has 4 atom stereocenters. The molecule has 0 aromatic heterocycles. The van der Waals surface area contributed by atoms with Crippen molar-refractivity contribution in [3.05, 3.63) is 27.7 Å². The Hall–Kier alpha value is -1.50. The number of fused-ring (bicyclic) bond motifs is 2. The maximum atomic E-state index is 12.8. The lowest BCUT2D eigenvalue weighted by atomic mass is 9.83. The standard InChI is InChI=1S/C17H18Cl2N2O4/c18-10-1-2-13(23)14(15(10)19)8-3-4-20-11(5-8)17(25)21-7-9(22)6-12(21)16(20)24/h1-2,8-9,11-12,22-23H,3-7H2/t8?,9-,11+,12?/m0/s1. The number of hydrogen-bond acceptors (Lipinski definition) is 4. The highest BCUT2D eigenvalue weighted by atomic mass is 35.5. The first-order valence-corrected chi connectivity index (χ1v) is 9.10. The Balaban J connectivity index is 1.64. The predicted octanol–water partition coefficient (Wildman–Crippen LogP) is 1.75. The monoisotopic (exact) mass is 384 g/mol. The van der Waals surface area contributed by atoms with Gasteiger partial charge in [-0.05, 0) is 30.9 Å². The van der Waals surface area contributed by atoms with Gasteiger partial charge in [-0.15, -0.1) is 0 Å². The molecule has 1 aromatic rings. The Morgan fingerprint density at radius 3 is 2.48 bits per heavy atom. The molecule has 3 fully saturated rings. The van der Waals surface area contributed by atoms with Crippen molar-refractivity contribution in [2.45, 2.75) is 43.4 Å². The van der Waals surface area contributed by atoms with Gasteiger partial charge in [-0.3, -0.25) is 9.59 Å². The Morgan fingerprint density at radius 2 is 1.72 bits per heavy atom. The topological polar surface area (TPSA) is 81.1 Å². The van der Waals surface area contributed by atoms with Crippen LogP contribution in [0.3, 0.4) is 0 Å². The lowest BCUT2D eigenvalue weighted by Crippen LogP contribution is -2.64. The molecule has 3 saturated heterocycles. The van der Waals surface area contributed by atoms with Gasteiger partial charge in [-0.25, -0.2) is 0 Å². The Kier molecular flexibility index (Phi) is 4.09. The Bertz CT molecular complexity index is 756. The number of nitrogens with zero attached hydrogens (tertiary/aromatic N) is 2. The molecule has 134 valence electrons. The smallest absolute Gasteiger partial charge is 0.246 e. The Labute approximate surface area is 154 Å². The highest BCUT2D eigenvalue weighted by Gasteiger charge is 2.52. The third-order valence-electron chi connectivity index (χ3n) is 5.54. The Morgan fingerprint density at radius 1 is 1.04 bits per heavy atom. The van der Waals surface area contributed by atoms with E-state index in [1.165, 1.54) is 17.0 Å². The molecule has 0 aliphatic carbocycles. The van der Waals surface area contributed by atoms with Crippen molar-refractivity contribution in [3.63, 3.8) is 0 Å². The van der Waals surface area contributed by atoms with Crippen LogP contribution >= 0.6 is 23.2 Å². The molecule has 0 spiro atoms. The van der Waals surface area contributed by atoms with E-state index in [4.69, 9.17) is 23.2 Å². The first-order chi connectivity index (χ1) is 11.9. The van der Waals surface area contributed by atoms with Crippen molar-refractivity contribution >= 4 is 35.0 Å². The molecule has 3 aliphatic heterocycles. The SMILES string of the molecule is O=C1[C@H]2CC(c3c(O)ccc(Cl)c3Cl)CCN2C(=O)C2C[C@H](O)CN12. The second kappa shape index (κ2) is 6.04. The van der Waals surface area contributed by atoms with Gasteiger partial charge >= 0.3 is 0 Å². The maximum absolute atomic E-state index is 12.8. The molecule has 0 saturated carbocycles. The molecule has 2 unspecified atom stereocenters. The minimum absolute atomic E-state index is 0.0527. The number of aliphatic hydroxyl groups is 1. The molecule has 6 nitrogen and oxygen atoms in total. The van der Waals surface area contributed by atoms with Crippen LogP contribution in [-0.4, -0.2) is 63.1 Å². The summed E-state index contributed by atoms with van der Waals surface area (Å²) in [4.78, 5) is 28.6. The van der Waals surface area contributed by atoms with Crippen LogP contribution < -0.4 is 0 Å². The van der Waals surface area contributed by atoms with E-state index in [2.05, 4.69) is 0 Å². The lowest BCUT2D eigenvalue weighted by Gasteiger charge is -2.46. The third kappa shape index (κ3) is 2.58. The highest BCUT2D eigenvalue weighted by molar-refractivity contribution is 6.42. The van der Waals surface area contributed by atoms with E-state index < -0.39 is 18.2 Å². The molecule has 3 aliphatic rings. The summed E-state index contributed by atoms with van der Waals surface area (Å²) in [7, 11) is 0. The molecule has 2 N–H and O–H groups in total. The van der Waals surface area contributed by atoms with Gasteiger partial charge < -0.3 is 20.0 Å². The minimum atomic E-state index is -0.651. The van der Waals surface area contributed by atoms with E-state index in [-0.39, 0.29) is 30.0 Å². The van der Waals surface area contributed by atoms with Crippen molar-refractivity contribution in [3.8, 4) is 5.75 Å². The number of carbonyl (C=O) groups is 2. The van der Waals surface area contributed by atoms with Crippen LogP contribution in [0.4, 0.5) is 0 Å². The van der Waals surface area contributed by atoms with E-state index in [0.29, 0.717) is 41.4 Å². The molecular formula is C17H18Cl2N2O4. The first-order valence-electron chi connectivity index (χ1n) is 8.34. The van der Waals surface area contributed by atoms with Crippen LogP contribution in [-0.2, 0) is 9.59 Å². The van der Waals surface area contributed by atoms with E-state index in [1.807, 2.05) is 0 Å². The van der Waals surface area contributed by atoms with Gasteiger partial charge in [0.2, 0.25) is 11.8 Å². The largest absolute Gasteiger partial charge is 0.508 e. The summed E-state index contributed by atoms with van der Waals surface area (Å²) in [5, 5.41) is 20.7. The third-order valence-corrected chi connectivity index (χ3v) is 6.35. The molecule has 1 aromatic carbocycles. The van der Waals surface area contributed by atoms with Crippen LogP contribution in [0.1, 0.15) is 30.7 Å². The van der Waals surface area contributed by atoms with Crippen LogP contribution in [0.25, 0.3) is 0 Å². The predicted molar refractivity (Wildman–Crippen MR) is 91.7 cm³/mol. The van der Waals surface area contributed by atoms with Gasteiger partial charge in [-0.1, -0.05) is 23.2 Å². The number of phenolic OH excluding ortho intramolecular Hbond substituents is 1. The zero-order valence-corrected chi connectivity index (χ0v) is 14.9.